The Bertz CT molecular complexity index is 507. The van der Waals surface area contributed by atoms with Crippen LogP contribution in [-0.4, -0.2) is 42.9 Å². The van der Waals surface area contributed by atoms with Crippen molar-refractivity contribution in [2.24, 2.45) is 5.11 Å². The van der Waals surface area contributed by atoms with E-state index in [0.29, 0.717) is 13.0 Å². The van der Waals surface area contributed by atoms with Gasteiger partial charge >= 0.3 is 0 Å². The summed E-state index contributed by atoms with van der Waals surface area (Å²) in [5.41, 5.74) is 9.73. The number of ether oxygens (including phenoxy) is 3. The number of methoxy groups -OCH3 is 1. The number of azide groups is 1. The molecule has 0 spiro atoms. The predicted molar refractivity (Wildman–Crippen MR) is 79.9 cm³/mol. The third kappa shape index (κ3) is 3.76. The monoisotopic (exact) mass is 307 g/mol. The van der Waals surface area contributed by atoms with E-state index in [1.807, 2.05) is 37.3 Å². The highest BCUT2D eigenvalue weighted by Gasteiger charge is 2.45. The van der Waals surface area contributed by atoms with Crippen LogP contribution in [0.15, 0.2) is 35.4 Å². The van der Waals surface area contributed by atoms with Crippen molar-refractivity contribution in [1.29, 1.82) is 0 Å². The highest BCUT2D eigenvalue weighted by molar-refractivity contribution is 5.13. The third-order valence-corrected chi connectivity index (χ3v) is 3.75. The Morgan fingerprint density at radius 2 is 2.09 bits per heavy atom. The fourth-order valence-corrected chi connectivity index (χ4v) is 2.58. The predicted octanol–water partition coefficient (Wildman–Crippen LogP) is 2.39. The summed E-state index contributed by atoms with van der Waals surface area (Å²) in [7, 11) is 1.48. The Balaban J connectivity index is 2.15. The van der Waals surface area contributed by atoms with Gasteiger partial charge in [-0.3, -0.25) is 0 Å². The molecule has 0 aromatic heterocycles. The highest BCUT2D eigenvalue weighted by atomic mass is 16.7. The first-order chi connectivity index (χ1) is 10.7. The average molecular weight is 307 g/mol. The molecule has 22 heavy (non-hydrogen) atoms. The van der Waals surface area contributed by atoms with Crippen LogP contribution in [0.4, 0.5) is 0 Å². The largest absolute Gasteiger partial charge is 0.388 e. The van der Waals surface area contributed by atoms with Crippen molar-refractivity contribution in [2.45, 2.75) is 50.6 Å². The molecule has 0 amide bonds. The van der Waals surface area contributed by atoms with Gasteiger partial charge in [0.1, 0.15) is 12.1 Å². The molecule has 1 fully saturated rings. The molecule has 1 aromatic rings. The molecule has 7 heteroatoms. The zero-order chi connectivity index (χ0) is 15.9. The summed E-state index contributed by atoms with van der Waals surface area (Å²) in [5.74, 6) is 0. The minimum atomic E-state index is -0.879. The first kappa shape index (κ1) is 16.7. The summed E-state index contributed by atoms with van der Waals surface area (Å²) in [6.07, 6.45) is -2.11. The van der Waals surface area contributed by atoms with Crippen LogP contribution in [-0.2, 0) is 20.8 Å². The van der Waals surface area contributed by atoms with Gasteiger partial charge in [0.15, 0.2) is 6.29 Å². The zero-order valence-corrected chi connectivity index (χ0v) is 12.7. The maximum Gasteiger partial charge on any atom is 0.168 e. The van der Waals surface area contributed by atoms with Gasteiger partial charge in [-0.25, -0.2) is 0 Å². The van der Waals surface area contributed by atoms with Gasteiger partial charge in [-0.15, -0.1) is 0 Å². The number of hydrogen-bond acceptors (Lipinski definition) is 5. The van der Waals surface area contributed by atoms with Gasteiger partial charge in [-0.05, 0) is 17.5 Å². The second-order valence-electron chi connectivity index (χ2n) is 5.13. The van der Waals surface area contributed by atoms with Gasteiger partial charge in [0.25, 0.3) is 0 Å². The van der Waals surface area contributed by atoms with Crippen LogP contribution in [0.3, 0.4) is 0 Å². The summed E-state index contributed by atoms with van der Waals surface area (Å²) in [5, 5.41) is 14.1. The lowest BCUT2D eigenvalue weighted by molar-refractivity contribution is -0.261. The zero-order valence-electron chi connectivity index (χ0n) is 12.7. The SMILES string of the molecule is CCC1O[C@H](OC)C(N=[N+]=[N-])[C@H](OCc2ccccc2)[C@@H]1O. The molecule has 120 valence electrons. The van der Waals surface area contributed by atoms with Crippen molar-refractivity contribution in [3.63, 3.8) is 0 Å². The van der Waals surface area contributed by atoms with Gasteiger partial charge in [0.2, 0.25) is 0 Å². The van der Waals surface area contributed by atoms with E-state index < -0.39 is 30.6 Å². The molecule has 0 saturated carbocycles. The molecule has 1 saturated heterocycles. The van der Waals surface area contributed by atoms with E-state index in [4.69, 9.17) is 19.7 Å². The lowest BCUT2D eigenvalue weighted by Crippen LogP contribution is -2.57. The molecule has 1 aliphatic heterocycles. The molecule has 1 heterocycles. The minimum absolute atomic E-state index is 0.312. The van der Waals surface area contributed by atoms with Gasteiger partial charge in [-0.2, -0.15) is 0 Å². The van der Waals surface area contributed by atoms with Gasteiger partial charge < -0.3 is 19.3 Å². The first-order valence-electron chi connectivity index (χ1n) is 7.27. The summed E-state index contributed by atoms with van der Waals surface area (Å²) >= 11 is 0. The Morgan fingerprint density at radius 1 is 1.36 bits per heavy atom. The van der Waals surface area contributed by atoms with Gasteiger partial charge in [0, 0.05) is 12.0 Å². The van der Waals surface area contributed by atoms with E-state index in [0.717, 1.165) is 5.56 Å². The molecule has 7 nitrogen and oxygen atoms in total. The van der Waals surface area contributed by atoms with Crippen LogP contribution in [0.1, 0.15) is 18.9 Å². The maximum atomic E-state index is 10.4. The van der Waals surface area contributed by atoms with Gasteiger partial charge in [0.05, 0.1) is 18.8 Å². The maximum absolute atomic E-state index is 10.4. The second-order valence-corrected chi connectivity index (χ2v) is 5.13. The Hall–Kier alpha value is -1.63. The van der Waals surface area contributed by atoms with Crippen LogP contribution in [0.5, 0.6) is 0 Å². The van der Waals surface area contributed by atoms with E-state index in [1.54, 1.807) is 0 Å². The molecule has 0 bridgehead atoms. The lowest BCUT2D eigenvalue weighted by atomic mass is 9.95. The molecule has 1 aromatic carbocycles. The van der Waals surface area contributed by atoms with Crippen molar-refractivity contribution in [2.75, 3.05) is 7.11 Å². The number of nitrogens with zero attached hydrogens (tertiary/aromatic N) is 3. The van der Waals surface area contributed by atoms with Crippen LogP contribution in [0, 0.1) is 0 Å². The Kier molecular flexibility index (Phi) is 6.18. The molecule has 0 aliphatic carbocycles. The van der Waals surface area contributed by atoms with E-state index in [1.165, 1.54) is 7.11 Å². The molecule has 0 radical (unpaired) electrons. The molecular weight excluding hydrogens is 286 g/mol. The van der Waals surface area contributed by atoms with Crippen molar-refractivity contribution < 1.29 is 19.3 Å². The molecular formula is C15H21N3O4. The molecule has 2 rings (SSSR count). The number of hydrogen-bond donors (Lipinski definition) is 1. The normalized spacial score (nSPS) is 31.5. The van der Waals surface area contributed by atoms with Crippen LogP contribution in [0.25, 0.3) is 10.4 Å². The van der Waals surface area contributed by atoms with Crippen LogP contribution >= 0.6 is 0 Å². The average Bonchev–Trinajstić information content (AvgIpc) is 2.56. The topological polar surface area (TPSA) is 96.7 Å². The molecule has 2 unspecified atom stereocenters. The van der Waals surface area contributed by atoms with E-state index in [-0.39, 0.29) is 0 Å². The minimum Gasteiger partial charge on any atom is -0.388 e. The number of rotatable bonds is 6. The fourth-order valence-electron chi connectivity index (χ4n) is 2.58. The van der Waals surface area contributed by atoms with E-state index >= 15 is 0 Å². The summed E-state index contributed by atoms with van der Waals surface area (Å²) < 4.78 is 16.7. The van der Waals surface area contributed by atoms with Gasteiger partial charge in [-0.1, -0.05) is 42.4 Å². The third-order valence-electron chi connectivity index (χ3n) is 3.75. The number of aliphatic hydroxyl groups excluding tert-OH is 1. The van der Waals surface area contributed by atoms with Crippen LogP contribution in [0.2, 0.25) is 0 Å². The molecule has 1 aliphatic rings. The quantitative estimate of drug-likeness (QED) is 0.495. The lowest BCUT2D eigenvalue weighted by Gasteiger charge is -2.42. The van der Waals surface area contributed by atoms with E-state index in [2.05, 4.69) is 10.0 Å². The van der Waals surface area contributed by atoms with Crippen molar-refractivity contribution in [3.8, 4) is 0 Å². The Morgan fingerprint density at radius 3 is 2.68 bits per heavy atom. The summed E-state index contributed by atoms with van der Waals surface area (Å²) in [4.78, 5) is 2.82. The first-order valence-corrected chi connectivity index (χ1v) is 7.27. The fraction of sp³-hybridized carbons (Fsp3) is 0.600. The van der Waals surface area contributed by atoms with Crippen molar-refractivity contribution in [3.05, 3.63) is 46.3 Å². The van der Waals surface area contributed by atoms with Crippen molar-refractivity contribution >= 4 is 0 Å². The van der Waals surface area contributed by atoms with E-state index in [9.17, 15) is 5.11 Å². The van der Waals surface area contributed by atoms with Crippen LogP contribution < -0.4 is 0 Å². The Labute approximate surface area is 129 Å². The molecule has 5 atom stereocenters. The second kappa shape index (κ2) is 8.12. The number of aliphatic hydroxyl groups is 1. The van der Waals surface area contributed by atoms with Crippen molar-refractivity contribution in [1.82, 2.24) is 0 Å². The number of benzene rings is 1. The standard InChI is InChI=1S/C15H21N3O4/c1-3-11-13(19)14(12(17-18-16)15(20-2)22-11)21-9-10-7-5-4-6-8-10/h4-8,11-15,19H,3,9H2,1-2H3/t11?,12?,13-,14+,15+/m1/s1. The summed E-state index contributed by atoms with van der Waals surface area (Å²) in [6.45, 7) is 2.22. The molecule has 1 N–H and O–H groups in total. The summed E-state index contributed by atoms with van der Waals surface area (Å²) in [6, 6.07) is 8.87. The highest BCUT2D eigenvalue weighted by Crippen LogP contribution is 2.28. The smallest absolute Gasteiger partial charge is 0.168 e.